The molecule has 1 aliphatic heterocycles. The minimum Gasteiger partial charge on any atom is -0.493 e. The Bertz CT molecular complexity index is 765. The number of benzene rings is 1. The maximum absolute atomic E-state index is 12.2. The molecule has 3 rings (SSSR count). The van der Waals surface area contributed by atoms with E-state index in [4.69, 9.17) is 9.47 Å². The molecule has 0 N–H and O–H groups in total. The molecule has 1 fully saturated rings. The third-order valence-electron chi connectivity index (χ3n) is 4.58. The molecular formula is C19H25N3O3. The molecule has 1 saturated heterocycles. The summed E-state index contributed by atoms with van der Waals surface area (Å²) in [5.74, 6) is 1.32. The zero-order chi connectivity index (χ0) is 17.6. The van der Waals surface area contributed by atoms with Gasteiger partial charge in [0.25, 0.3) is 5.56 Å². The molecule has 0 saturated carbocycles. The molecule has 0 aliphatic carbocycles. The van der Waals surface area contributed by atoms with Crippen LogP contribution in [0.5, 0.6) is 11.5 Å². The summed E-state index contributed by atoms with van der Waals surface area (Å²) >= 11 is 0. The van der Waals surface area contributed by atoms with Crippen LogP contribution >= 0.6 is 0 Å². The number of hydrogen-bond donors (Lipinski definition) is 0. The van der Waals surface area contributed by atoms with Crippen molar-refractivity contribution in [2.45, 2.75) is 32.4 Å². The van der Waals surface area contributed by atoms with Gasteiger partial charge in [-0.1, -0.05) is 12.8 Å². The number of aromatic nitrogens is 2. The van der Waals surface area contributed by atoms with Gasteiger partial charge in [0.1, 0.15) is 0 Å². The van der Waals surface area contributed by atoms with Gasteiger partial charge >= 0.3 is 0 Å². The van der Waals surface area contributed by atoms with Gasteiger partial charge in [-0.3, -0.25) is 9.69 Å². The monoisotopic (exact) mass is 343 g/mol. The summed E-state index contributed by atoms with van der Waals surface area (Å²) in [6.45, 7) is 2.59. The Balaban J connectivity index is 1.87. The highest BCUT2D eigenvalue weighted by Crippen LogP contribution is 2.31. The van der Waals surface area contributed by atoms with E-state index in [2.05, 4.69) is 10.00 Å². The van der Waals surface area contributed by atoms with E-state index in [1.54, 1.807) is 31.0 Å². The zero-order valence-electron chi connectivity index (χ0n) is 14.9. The topological polar surface area (TPSA) is 56.6 Å². The molecule has 0 amide bonds. The Kier molecular flexibility index (Phi) is 5.71. The first-order valence-corrected chi connectivity index (χ1v) is 8.74. The molecule has 0 unspecified atom stereocenters. The standard InChI is InChI=1S/C19H25N3O3/c1-24-17-9-7-15(13-18(17)25-2)16-8-10-19(23)22(20-16)14-21-11-5-3-4-6-12-21/h7-10,13H,3-6,11-12,14H2,1-2H3. The fourth-order valence-corrected chi connectivity index (χ4v) is 3.17. The van der Waals surface area contributed by atoms with E-state index in [1.807, 2.05) is 18.2 Å². The number of likely N-dealkylation sites (tertiary alicyclic amines) is 1. The summed E-state index contributed by atoms with van der Waals surface area (Å²) in [4.78, 5) is 14.5. The lowest BCUT2D eigenvalue weighted by Gasteiger charge is -2.20. The maximum atomic E-state index is 12.2. The quantitative estimate of drug-likeness (QED) is 0.835. The smallest absolute Gasteiger partial charge is 0.268 e. The molecule has 0 spiro atoms. The molecule has 0 atom stereocenters. The van der Waals surface area contributed by atoms with Crippen LogP contribution in [0.2, 0.25) is 0 Å². The van der Waals surface area contributed by atoms with Crippen molar-refractivity contribution in [1.82, 2.24) is 14.7 Å². The number of ether oxygens (including phenoxy) is 2. The van der Waals surface area contributed by atoms with E-state index >= 15 is 0 Å². The molecule has 1 aromatic carbocycles. The summed E-state index contributed by atoms with van der Waals surface area (Å²) in [5, 5.41) is 4.56. The zero-order valence-corrected chi connectivity index (χ0v) is 14.9. The van der Waals surface area contributed by atoms with Crippen LogP contribution in [-0.4, -0.2) is 42.0 Å². The number of nitrogens with zero attached hydrogens (tertiary/aromatic N) is 3. The molecule has 1 aromatic heterocycles. The normalized spacial score (nSPS) is 15.6. The predicted molar refractivity (Wildman–Crippen MR) is 97.1 cm³/mol. The fraction of sp³-hybridized carbons (Fsp3) is 0.474. The largest absolute Gasteiger partial charge is 0.493 e. The van der Waals surface area contributed by atoms with Crippen LogP contribution in [-0.2, 0) is 6.67 Å². The minimum absolute atomic E-state index is 0.0755. The average molecular weight is 343 g/mol. The molecule has 2 aromatic rings. The first kappa shape index (κ1) is 17.5. The van der Waals surface area contributed by atoms with Crippen molar-refractivity contribution >= 4 is 0 Å². The fourth-order valence-electron chi connectivity index (χ4n) is 3.17. The van der Waals surface area contributed by atoms with Crippen LogP contribution < -0.4 is 15.0 Å². The van der Waals surface area contributed by atoms with Gasteiger partial charge in [0, 0.05) is 11.6 Å². The van der Waals surface area contributed by atoms with E-state index in [1.165, 1.54) is 25.7 Å². The van der Waals surface area contributed by atoms with Gasteiger partial charge in [0.15, 0.2) is 11.5 Å². The van der Waals surface area contributed by atoms with Crippen molar-refractivity contribution in [3.63, 3.8) is 0 Å². The van der Waals surface area contributed by atoms with E-state index in [9.17, 15) is 4.79 Å². The van der Waals surface area contributed by atoms with Crippen molar-refractivity contribution in [1.29, 1.82) is 0 Å². The van der Waals surface area contributed by atoms with Gasteiger partial charge in [-0.2, -0.15) is 5.10 Å². The van der Waals surface area contributed by atoms with E-state index in [-0.39, 0.29) is 5.56 Å². The minimum atomic E-state index is -0.0755. The number of rotatable bonds is 5. The SMILES string of the molecule is COc1ccc(-c2ccc(=O)n(CN3CCCCCC3)n2)cc1OC. The second kappa shape index (κ2) is 8.16. The summed E-state index contributed by atoms with van der Waals surface area (Å²) < 4.78 is 12.2. The van der Waals surface area contributed by atoms with Crippen LogP contribution in [0, 0.1) is 0 Å². The Morgan fingerprint density at radius 2 is 1.68 bits per heavy atom. The summed E-state index contributed by atoms with van der Waals surface area (Å²) in [7, 11) is 3.21. The van der Waals surface area contributed by atoms with Crippen molar-refractivity contribution in [3.8, 4) is 22.8 Å². The molecule has 6 heteroatoms. The molecule has 25 heavy (non-hydrogen) atoms. The van der Waals surface area contributed by atoms with E-state index in [0.717, 1.165) is 24.3 Å². The molecule has 1 aliphatic rings. The third kappa shape index (κ3) is 4.20. The van der Waals surface area contributed by atoms with E-state index in [0.29, 0.717) is 18.2 Å². The summed E-state index contributed by atoms with van der Waals surface area (Å²) in [6, 6.07) is 8.98. The highest BCUT2D eigenvalue weighted by atomic mass is 16.5. The Hall–Kier alpha value is -2.34. The number of hydrogen-bond acceptors (Lipinski definition) is 5. The Morgan fingerprint density at radius 3 is 2.36 bits per heavy atom. The van der Waals surface area contributed by atoms with Crippen molar-refractivity contribution in [3.05, 3.63) is 40.7 Å². The third-order valence-corrected chi connectivity index (χ3v) is 4.58. The van der Waals surface area contributed by atoms with Gasteiger partial charge in [-0.05, 0) is 50.2 Å². The molecule has 2 heterocycles. The van der Waals surface area contributed by atoms with Gasteiger partial charge < -0.3 is 9.47 Å². The number of methoxy groups -OCH3 is 2. The first-order valence-electron chi connectivity index (χ1n) is 8.74. The van der Waals surface area contributed by atoms with Crippen LogP contribution in [0.1, 0.15) is 25.7 Å². The molecule has 0 bridgehead atoms. The molecule has 134 valence electrons. The lowest BCUT2D eigenvalue weighted by Crippen LogP contribution is -2.34. The highest BCUT2D eigenvalue weighted by Gasteiger charge is 2.12. The van der Waals surface area contributed by atoms with Gasteiger partial charge in [0.2, 0.25) is 0 Å². The van der Waals surface area contributed by atoms with Crippen molar-refractivity contribution in [2.75, 3.05) is 27.3 Å². The predicted octanol–water partition coefficient (Wildman–Crippen LogP) is 2.76. The second-order valence-corrected chi connectivity index (χ2v) is 6.30. The summed E-state index contributed by atoms with van der Waals surface area (Å²) in [6.07, 6.45) is 4.91. The van der Waals surface area contributed by atoms with Crippen LogP contribution in [0.25, 0.3) is 11.3 Å². The summed E-state index contributed by atoms with van der Waals surface area (Å²) in [5.41, 5.74) is 1.56. The van der Waals surface area contributed by atoms with Crippen LogP contribution in [0.3, 0.4) is 0 Å². The van der Waals surface area contributed by atoms with Gasteiger partial charge in [0.05, 0.1) is 26.6 Å². The van der Waals surface area contributed by atoms with E-state index < -0.39 is 0 Å². The first-order chi connectivity index (χ1) is 12.2. The van der Waals surface area contributed by atoms with Crippen molar-refractivity contribution in [2.24, 2.45) is 0 Å². The molecule has 0 radical (unpaired) electrons. The lowest BCUT2D eigenvalue weighted by atomic mass is 10.1. The Labute approximate surface area is 148 Å². The highest BCUT2D eigenvalue weighted by molar-refractivity contribution is 5.63. The lowest BCUT2D eigenvalue weighted by molar-refractivity contribution is 0.210. The van der Waals surface area contributed by atoms with Crippen molar-refractivity contribution < 1.29 is 9.47 Å². The van der Waals surface area contributed by atoms with Crippen LogP contribution in [0.15, 0.2) is 35.1 Å². The molecule has 6 nitrogen and oxygen atoms in total. The average Bonchev–Trinajstić information content (AvgIpc) is 2.91. The molecular weight excluding hydrogens is 318 g/mol. The maximum Gasteiger partial charge on any atom is 0.268 e. The van der Waals surface area contributed by atoms with Gasteiger partial charge in [-0.25, -0.2) is 4.68 Å². The Morgan fingerprint density at radius 1 is 0.960 bits per heavy atom. The van der Waals surface area contributed by atoms with Crippen LogP contribution in [0.4, 0.5) is 0 Å². The second-order valence-electron chi connectivity index (χ2n) is 6.30. The van der Waals surface area contributed by atoms with Gasteiger partial charge in [-0.15, -0.1) is 0 Å².